The minimum absolute atomic E-state index is 0.407. The van der Waals surface area contributed by atoms with E-state index in [0.717, 1.165) is 22.3 Å². The summed E-state index contributed by atoms with van der Waals surface area (Å²) in [6.45, 7) is 1.98. The number of nitrogens with zero attached hydrogens (tertiary/aromatic N) is 2. The molecule has 0 spiro atoms. The van der Waals surface area contributed by atoms with E-state index >= 15 is 0 Å². The fraction of sp³-hybridized carbons (Fsp3) is 0.250. The molecular formula is C12H13BrN4OS. The van der Waals surface area contributed by atoms with Crippen LogP contribution in [0.4, 0.5) is 0 Å². The van der Waals surface area contributed by atoms with Crippen LogP contribution in [0.3, 0.4) is 0 Å². The Morgan fingerprint density at radius 1 is 1.47 bits per heavy atom. The average molecular weight is 341 g/mol. The molecule has 1 amide bonds. The van der Waals surface area contributed by atoms with E-state index in [1.807, 2.05) is 31.2 Å². The van der Waals surface area contributed by atoms with Crippen molar-refractivity contribution in [3.8, 4) is 0 Å². The Morgan fingerprint density at radius 3 is 2.68 bits per heavy atom. The molecule has 0 aliphatic heterocycles. The van der Waals surface area contributed by atoms with Gasteiger partial charge in [0.2, 0.25) is 11.1 Å². The highest BCUT2D eigenvalue weighted by Gasteiger charge is 2.21. The molecule has 100 valence electrons. The van der Waals surface area contributed by atoms with Crippen molar-refractivity contribution in [1.82, 2.24) is 15.2 Å². The monoisotopic (exact) mass is 340 g/mol. The molecule has 0 saturated carbocycles. The zero-order valence-corrected chi connectivity index (χ0v) is 12.7. The van der Waals surface area contributed by atoms with Gasteiger partial charge in [-0.2, -0.15) is 0 Å². The van der Waals surface area contributed by atoms with Gasteiger partial charge >= 0.3 is 0 Å². The first-order valence-corrected chi connectivity index (χ1v) is 7.40. The van der Waals surface area contributed by atoms with Crippen molar-refractivity contribution < 1.29 is 4.79 Å². The van der Waals surface area contributed by atoms with Crippen molar-refractivity contribution in [3.05, 3.63) is 40.1 Å². The van der Waals surface area contributed by atoms with Gasteiger partial charge in [-0.05, 0) is 17.7 Å². The lowest BCUT2D eigenvalue weighted by Gasteiger charge is -2.11. The van der Waals surface area contributed by atoms with Crippen molar-refractivity contribution in [2.45, 2.75) is 23.8 Å². The SMILES string of the molecule is CCc1nc(SC(C(N)=O)c2ccc(Br)cc2)n[nH]1. The van der Waals surface area contributed by atoms with E-state index in [9.17, 15) is 4.79 Å². The molecule has 0 bridgehead atoms. The lowest BCUT2D eigenvalue weighted by atomic mass is 10.1. The van der Waals surface area contributed by atoms with Crippen molar-refractivity contribution in [1.29, 1.82) is 0 Å². The number of hydrogen-bond acceptors (Lipinski definition) is 4. The molecule has 0 aliphatic rings. The Bertz CT molecular complexity index is 569. The van der Waals surface area contributed by atoms with Crippen LogP contribution in [0.5, 0.6) is 0 Å². The summed E-state index contributed by atoms with van der Waals surface area (Å²) in [5.41, 5.74) is 6.29. The number of aromatic amines is 1. The van der Waals surface area contributed by atoms with Gasteiger partial charge in [-0.15, -0.1) is 5.10 Å². The number of hydrogen-bond donors (Lipinski definition) is 2. The van der Waals surface area contributed by atoms with E-state index in [1.165, 1.54) is 11.8 Å². The topological polar surface area (TPSA) is 84.7 Å². The molecule has 2 rings (SSSR count). The molecule has 5 nitrogen and oxygen atoms in total. The standard InChI is InChI=1S/C12H13BrN4OS/c1-2-9-15-12(17-16-9)19-10(11(14)18)7-3-5-8(13)6-4-7/h3-6,10H,2H2,1H3,(H2,14,18)(H,15,16,17). The summed E-state index contributed by atoms with van der Waals surface area (Å²) >= 11 is 4.61. The molecule has 2 aromatic rings. The number of rotatable bonds is 5. The van der Waals surface area contributed by atoms with Gasteiger partial charge in [-0.3, -0.25) is 9.89 Å². The lowest BCUT2D eigenvalue weighted by Crippen LogP contribution is -2.19. The van der Waals surface area contributed by atoms with E-state index in [0.29, 0.717) is 5.16 Å². The van der Waals surface area contributed by atoms with Crippen LogP contribution in [0.2, 0.25) is 0 Å². The summed E-state index contributed by atoms with van der Waals surface area (Å²) in [7, 11) is 0. The molecule has 0 radical (unpaired) electrons. The number of carbonyl (C=O) groups excluding carboxylic acids is 1. The van der Waals surface area contributed by atoms with Gasteiger partial charge in [0.25, 0.3) is 0 Å². The number of nitrogens with one attached hydrogen (secondary N) is 1. The molecule has 0 aliphatic carbocycles. The van der Waals surface area contributed by atoms with Crippen LogP contribution in [0.25, 0.3) is 0 Å². The highest BCUT2D eigenvalue weighted by atomic mass is 79.9. The Hall–Kier alpha value is -1.34. The zero-order valence-electron chi connectivity index (χ0n) is 10.3. The zero-order chi connectivity index (χ0) is 13.8. The maximum Gasteiger partial charge on any atom is 0.235 e. The number of thioether (sulfide) groups is 1. The number of carbonyl (C=O) groups is 1. The normalized spacial score (nSPS) is 12.3. The predicted octanol–water partition coefficient (Wildman–Crippen LogP) is 2.45. The number of aromatic nitrogens is 3. The third-order valence-electron chi connectivity index (χ3n) is 2.50. The number of nitrogens with two attached hydrogens (primary N) is 1. The van der Waals surface area contributed by atoms with Crippen molar-refractivity contribution >= 4 is 33.6 Å². The lowest BCUT2D eigenvalue weighted by molar-refractivity contribution is -0.117. The maximum atomic E-state index is 11.6. The minimum atomic E-state index is -0.492. The van der Waals surface area contributed by atoms with Crippen LogP contribution in [0.1, 0.15) is 23.6 Å². The van der Waals surface area contributed by atoms with Crippen LogP contribution < -0.4 is 5.73 Å². The first kappa shape index (κ1) is 14.1. The fourth-order valence-electron chi connectivity index (χ4n) is 1.52. The van der Waals surface area contributed by atoms with Crippen LogP contribution in [-0.4, -0.2) is 21.1 Å². The van der Waals surface area contributed by atoms with E-state index in [-0.39, 0.29) is 0 Å². The molecule has 0 fully saturated rings. The van der Waals surface area contributed by atoms with Crippen LogP contribution >= 0.6 is 27.7 Å². The van der Waals surface area contributed by atoms with Crippen LogP contribution in [0.15, 0.2) is 33.9 Å². The van der Waals surface area contributed by atoms with Crippen molar-refractivity contribution in [3.63, 3.8) is 0 Å². The quantitative estimate of drug-likeness (QED) is 0.818. The molecule has 1 heterocycles. The second-order valence-corrected chi connectivity index (χ2v) is 5.86. The summed E-state index contributed by atoms with van der Waals surface area (Å²) in [5, 5.41) is 6.92. The highest BCUT2D eigenvalue weighted by Crippen LogP contribution is 2.33. The molecule has 19 heavy (non-hydrogen) atoms. The number of benzene rings is 1. The molecule has 1 aromatic carbocycles. The van der Waals surface area contributed by atoms with E-state index in [1.54, 1.807) is 0 Å². The smallest absolute Gasteiger partial charge is 0.235 e. The summed E-state index contributed by atoms with van der Waals surface area (Å²) in [6, 6.07) is 7.47. The summed E-state index contributed by atoms with van der Waals surface area (Å²) in [5.74, 6) is 0.386. The largest absolute Gasteiger partial charge is 0.368 e. The highest BCUT2D eigenvalue weighted by molar-refractivity contribution is 9.10. The fourth-order valence-corrected chi connectivity index (χ4v) is 2.67. The van der Waals surface area contributed by atoms with Crippen LogP contribution in [-0.2, 0) is 11.2 Å². The van der Waals surface area contributed by atoms with Crippen LogP contribution in [0, 0.1) is 0 Å². The van der Waals surface area contributed by atoms with Gasteiger partial charge in [0, 0.05) is 10.9 Å². The molecule has 3 N–H and O–H groups in total. The molecule has 7 heteroatoms. The van der Waals surface area contributed by atoms with Gasteiger partial charge in [-0.25, -0.2) is 4.98 Å². The molecule has 1 aromatic heterocycles. The van der Waals surface area contributed by atoms with Gasteiger partial charge < -0.3 is 5.73 Å². The van der Waals surface area contributed by atoms with E-state index < -0.39 is 11.2 Å². The maximum absolute atomic E-state index is 11.6. The third kappa shape index (κ3) is 3.57. The Morgan fingerprint density at radius 2 is 2.16 bits per heavy atom. The van der Waals surface area contributed by atoms with Gasteiger partial charge in [-0.1, -0.05) is 46.7 Å². The number of halogens is 1. The third-order valence-corrected chi connectivity index (χ3v) is 4.16. The van der Waals surface area contributed by atoms with Crippen molar-refractivity contribution in [2.75, 3.05) is 0 Å². The molecular weight excluding hydrogens is 328 g/mol. The second-order valence-electron chi connectivity index (χ2n) is 3.87. The van der Waals surface area contributed by atoms with Gasteiger partial charge in [0.05, 0.1) is 0 Å². The molecule has 0 saturated heterocycles. The predicted molar refractivity (Wildman–Crippen MR) is 77.7 cm³/mol. The Balaban J connectivity index is 2.21. The first-order chi connectivity index (χ1) is 9.10. The number of aryl methyl sites for hydroxylation is 1. The van der Waals surface area contributed by atoms with Crippen molar-refractivity contribution in [2.24, 2.45) is 5.73 Å². The van der Waals surface area contributed by atoms with E-state index in [2.05, 4.69) is 31.1 Å². The number of amides is 1. The summed E-state index contributed by atoms with van der Waals surface area (Å²) < 4.78 is 0.954. The molecule has 1 atom stereocenters. The Kier molecular flexibility index (Phi) is 4.60. The average Bonchev–Trinajstić information content (AvgIpc) is 2.85. The number of H-pyrrole nitrogens is 1. The minimum Gasteiger partial charge on any atom is -0.368 e. The summed E-state index contributed by atoms with van der Waals surface area (Å²) in [6.07, 6.45) is 0.771. The van der Waals surface area contributed by atoms with E-state index in [4.69, 9.17) is 5.73 Å². The Labute approximate surface area is 123 Å². The summed E-state index contributed by atoms with van der Waals surface area (Å²) in [4.78, 5) is 15.9. The second kappa shape index (κ2) is 6.21. The van der Waals surface area contributed by atoms with Gasteiger partial charge in [0.15, 0.2) is 0 Å². The molecule has 1 unspecified atom stereocenters. The number of primary amides is 1. The first-order valence-electron chi connectivity index (χ1n) is 5.73. The van der Waals surface area contributed by atoms with Gasteiger partial charge in [0.1, 0.15) is 11.1 Å².